The summed E-state index contributed by atoms with van der Waals surface area (Å²) in [5.41, 5.74) is 1.76. The van der Waals surface area contributed by atoms with Crippen LogP contribution in [0.1, 0.15) is 37.1 Å². The van der Waals surface area contributed by atoms with E-state index >= 15 is 0 Å². The zero-order valence-corrected chi connectivity index (χ0v) is 17.0. The number of rotatable bonds is 5. The SMILES string of the molecule is CCOC(=O)N1CCC(C(=O)NC(c2ccccc2)c2cc3ccccc3o2)CC1. The van der Waals surface area contributed by atoms with Gasteiger partial charge in [-0.1, -0.05) is 48.5 Å². The lowest BCUT2D eigenvalue weighted by atomic mass is 9.95. The van der Waals surface area contributed by atoms with E-state index in [0.717, 1.165) is 16.5 Å². The number of carbonyl (C=O) groups excluding carboxylic acids is 2. The summed E-state index contributed by atoms with van der Waals surface area (Å²) in [5.74, 6) is 0.541. The van der Waals surface area contributed by atoms with Gasteiger partial charge in [0, 0.05) is 24.4 Å². The molecule has 1 fully saturated rings. The Morgan fingerprint density at radius 1 is 1.10 bits per heavy atom. The van der Waals surface area contributed by atoms with Crippen LogP contribution in [0.3, 0.4) is 0 Å². The van der Waals surface area contributed by atoms with Crippen molar-refractivity contribution >= 4 is 23.0 Å². The number of para-hydroxylation sites is 1. The molecule has 1 N–H and O–H groups in total. The topological polar surface area (TPSA) is 71.8 Å². The molecule has 0 saturated carbocycles. The highest BCUT2D eigenvalue weighted by molar-refractivity contribution is 5.81. The van der Waals surface area contributed by atoms with Crippen LogP contribution in [-0.2, 0) is 9.53 Å². The molecule has 0 radical (unpaired) electrons. The van der Waals surface area contributed by atoms with Crippen molar-refractivity contribution < 1.29 is 18.7 Å². The van der Waals surface area contributed by atoms with Crippen molar-refractivity contribution in [3.63, 3.8) is 0 Å². The van der Waals surface area contributed by atoms with E-state index in [1.54, 1.807) is 11.8 Å². The number of nitrogens with zero attached hydrogens (tertiary/aromatic N) is 1. The minimum Gasteiger partial charge on any atom is -0.459 e. The Bertz CT molecular complexity index is 973. The maximum absolute atomic E-state index is 13.1. The third-order valence-electron chi connectivity index (χ3n) is 5.54. The quantitative estimate of drug-likeness (QED) is 0.677. The fraction of sp³-hybridized carbons (Fsp3) is 0.333. The van der Waals surface area contributed by atoms with E-state index in [1.165, 1.54) is 0 Å². The Morgan fingerprint density at radius 2 is 1.80 bits per heavy atom. The molecular formula is C24H26N2O4. The normalized spacial score (nSPS) is 15.7. The molecule has 1 unspecified atom stereocenters. The molecule has 0 aliphatic carbocycles. The zero-order chi connectivity index (χ0) is 20.9. The number of fused-ring (bicyclic) bond motifs is 1. The first-order valence-electron chi connectivity index (χ1n) is 10.4. The van der Waals surface area contributed by atoms with Crippen molar-refractivity contribution in [3.8, 4) is 0 Å². The van der Waals surface area contributed by atoms with Crippen molar-refractivity contribution in [1.82, 2.24) is 10.2 Å². The van der Waals surface area contributed by atoms with Gasteiger partial charge in [0.05, 0.1) is 6.61 Å². The van der Waals surface area contributed by atoms with Crippen molar-refractivity contribution in [2.24, 2.45) is 5.92 Å². The summed E-state index contributed by atoms with van der Waals surface area (Å²) in [6.07, 6.45) is 0.930. The first-order valence-corrected chi connectivity index (χ1v) is 10.4. The minimum absolute atomic E-state index is 0.0205. The largest absolute Gasteiger partial charge is 0.459 e. The number of benzene rings is 2. The highest BCUT2D eigenvalue weighted by atomic mass is 16.6. The lowest BCUT2D eigenvalue weighted by molar-refractivity contribution is -0.127. The van der Waals surface area contributed by atoms with E-state index in [2.05, 4.69) is 5.32 Å². The summed E-state index contributed by atoms with van der Waals surface area (Å²) >= 11 is 0. The second kappa shape index (κ2) is 9.03. The van der Waals surface area contributed by atoms with Gasteiger partial charge in [-0.15, -0.1) is 0 Å². The smallest absolute Gasteiger partial charge is 0.409 e. The van der Waals surface area contributed by atoms with E-state index in [-0.39, 0.29) is 24.0 Å². The molecule has 2 heterocycles. The summed E-state index contributed by atoms with van der Waals surface area (Å²) in [7, 11) is 0. The Hall–Kier alpha value is -3.28. The highest BCUT2D eigenvalue weighted by Crippen LogP contribution is 2.29. The van der Waals surface area contributed by atoms with Crippen LogP contribution in [0.4, 0.5) is 4.79 Å². The predicted octanol–water partition coefficient (Wildman–Crippen LogP) is 4.51. The number of carbonyl (C=O) groups is 2. The highest BCUT2D eigenvalue weighted by Gasteiger charge is 2.30. The van der Waals surface area contributed by atoms with Crippen molar-refractivity contribution in [1.29, 1.82) is 0 Å². The number of furan rings is 1. The van der Waals surface area contributed by atoms with Gasteiger partial charge in [0.25, 0.3) is 0 Å². The fourth-order valence-corrected chi connectivity index (χ4v) is 3.91. The van der Waals surface area contributed by atoms with Crippen molar-refractivity contribution in [2.45, 2.75) is 25.8 Å². The summed E-state index contributed by atoms with van der Waals surface area (Å²) in [6, 6.07) is 19.3. The monoisotopic (exact) mass is 406 g/mol. The molecule has 156 valence electrons. The standard InChI is InChI=1S/C24H26N2O4/c1-2-29-24(28)26-14-12-18(13-15-26)23(27)25-22(17-8-4-3-5-9-17)21-16-19-10-6-7-11-20(19)30-21/h3-11,16,18,22H,2,12-15H2,1H3,(H,25,27). The summed E-state index contributed by atoms with van der Waals surface area (Å²) in [4.78, 5) is 26.7. The molecular weight excluding hydrogens is 380 g/mol. The second-order valence-corrected chi connectivity index (χ2v) is 7.50. The van der Waals surface area contributed by atoms with Gasteiger partial charge in [0.1, 0.15) is 17.4 Å². The van der Waals surface area contributed by atoms with E-state index in [4.69, 9.17) is 9.15 Å². The Kier molecular flexibility index (Phi) is 6.02. The van der Waals surface area contributed by atoms with Gasteiger partial charge in [-0.05, 0) is 37.5 Å². The molecule has 1 atom stereocenters. The van der Waals surface area contributed by atoms with Gasteiger partial charge >= 0.3 is 6.09 Å². The average molecular weight is 406 g/mol. The van der Waals surface area contributed by atoms with Gasteiger partial charge < -0.3 is 19.4 Å². The Labute approximate surface area is 175 Å². The molecule has 6 heteroatoms. The van der Waals surface area contributed by atoms with Gasteiger partial charge in [-0.2, -0.15) is 0 Å². The van der Waals surface area contributed by atoms with Gasteiger partial charge in [-0.3, -0.25) is 4.79 Å². The molecule has 6 nitrogen and oxygen atoms in total. The Balaban J connectivity index is 1.50. The summed E-state index contributed by atoms with van der Waals surface area (Å²) in [6.45, 7) is 3.20. The van der Waals surface area contributed by atoms with Gasteiger partial charge in [0.15, 0.2) is 0 Å². The molecule has 2 amide bonds. The van der Waals surface area contributed by atoms with Crippen LogP contribution in [0.2, 0.25) is 0 Å². The number of hydrogen-bond donors (Lipinski definition) is 1. The summed E-state index contributed by atoms with van der Waals surface area (Å²) in [5, 5.41) is 4.19. The maximum atomic E-state index is 13.1. The van der Waals surface area contributed by atoms with Crippen LogP contribution < -0.4 is 5.32 Å². The molecule has 1 aliphatic rings. The molecule has 3 aromatic rings. The van der Waals surface area contributed by atoms with Gasteiger partial charge in [0.2, 0.25) is 5.91 Å². The first kappa shape index (κ1) is 20.0. The third-order valence-corrected chi connectivity index (χ3v) is 5.54. The lowest BCUT2D eigenvalue weighted by Crippen LogP contribution is -2.44. The lowest BCUT2D eigenvalue weighted by Gasteiger charge is -2.31. The average Bonchev–Trinajstić information content (AvgIpc) is 3.22. The molecule has 1 aliphatic heterocycles. The molecule has 0 bridgehead atoms. The minimum atomic E-state index is -0.366. The Morgan fingerprint density at radius 3 is 2.50 bits per heavy atom. The van der Waals surface area contributed by atoms with Crippen LogP contribution in [0.5, 0.6) is 0 Å². The summed E-state index contributed by atoms with van der Waals surface area (Å²) < 4.78 is 11.1. The molecule has 1 saturated heterocycles. The molecule has 0 spiro atoms. The number of amides is 2. The third kappa shape index (κ3) is 4.32. The number of piperidine rings is 1. The maximum Gasteiger partial charge on any atom is 0.409 e. The number of hydrogen-bond acceptors (Lipinski definition) is 4. The predicted molar refractivity (Wildman–Crippen MR) is 114 cm³/mol. The van der Waals surface area contributed by atoms with Crippen molar-refractivity contribution in [2.75, 3.05) is 19.7 Å². The van der Waals surface area contributed by atoms with Crippen molar-refractivity contribution in [3.05, 3.63) is 72.0 Å². The molecule has 1 aromatic heterocycles. The van der Waals surface area contributed by atoms with Crippen LogP contribution in [0, 0.1) is 5.92 Å². The van der Waals surface area contributed by atoms with E-state index in [0.29, 0.717) is 38.3 Å². The van der Waals surface area contributed by atoms with E-state index in [1.807, 2.05) is 60.7 Å². The van der Waals surface area contributed by atoms with Crippen LogP contribution in [0.15, 0.2) is 65.1 Å². The molecule has 2 aromatic carbocycles. The van der Waals surface area contributed by atoms with Crippen LogP contribution in [0.25, 0.3) is 11.0 Å². The number of nitrogens with one attached hydrogen (secondary N) is 1. The first-order chi connectivity index (χ1) is 14.7. The molecule has 30 heavy (non-hydrogen) atoms. The van der Waals surface area contributed by atoms with Gasteiger partial charge in [-0.25, -0.2) is 4.79 Å². The zero-order valence-electron chi connectivity index (χ0n) is 17.0. The van der Waals surface area contributed by atoms with Crippen LogP contribution >= 0.6 is 0 Å². The number of ether oxygens (including phenoxy) is 1. The van der Waals surface area contributed by atoms with E-state index in [9.17, 15) is 9.59 Å². The molecule has 4 rings (SSSR count). The van der Waals surface area contributed by atoms with E-state index < -0.39 is 0 Å². The number of likely N-dealkylation sites (tertiary alicyclic amines) is 1. The second-order valence-electron chi connectivity index (χ2n) is 7.50. The fourth-order valence-electron chi connectivity index (χ4n) is 3.91. The van der Waals surface area contributed by atoms with Crippen LogP contribution in [-0.4, -0.2) is 36.6 Å².